The topological polar surface area (TPSA) is 115 Å². The molecular formula is C21H19NO7S. The molecule has 0 radical (unpaired) electrons. The van der Waals surface area contributed by atoms with Gasteiger partial charge in [0.2, 0.25) is 0 Å². The summed E-state index contributed by atoms with van der Waals surface area (Å²) in [5, 5.41) is 11.0. The lowest BCUT2D eigenvalue weighted by Crippen LogP contribution is -2.08. The lowest BCUT2D eigenvalue weighted by Gasteiger charge is -2.04. The van der Waals surface area contributed by atoms with Crippen molar-refractivity contribution < 1.29 is 28.6 Å². The molecule has 9 heteroatoms. The number of esters is 2. The largest absolute Gasteiger partial charge is 0.506 e. The fourth-order valence-corrected chi connectivity index (χ4v) is 3.84. The van der Waals surface area contributed by atoms with Crippen LogP contribution in [0.4, 0.5) is 5.00 Å². The Morgan fingerprint density at radius 3 is 2.53 bits per heavy atom. The third-order valence-corrected chi connectivity index (χ3v) is 5.38. The average molecular weight is 429 g/mol. The first kappa shape index (κ1) is 21.3. The second-order valence-corrected chi connectivity index (χ2v) is 7.08. The van der Waals surface area contributed by atoms with Gasteiger partial charge in [-0.2, -0.15) is 0 Å². The molecule has 0 saturated heterocycles. The zero-order chi connectivity index (χ0) is 21.8. The van der Waals surface area contributed by atoms with Crippen molar-refractivity contribution in [2.75, 3.05) is 13.2 Å². The Balaban J connectivity index is 2.12. The Kier molecular flexibility index (Phi) is 6.31. The van der Waals surface area contributed by atoms with Gasteiger partial charge in [0.1, 0.15) is 32.3 Å². The van der Waals surface area contributed by atoms with Gasteiger partial charge in [-0.25, -0.2) is 19.4 Å². The Bertz CT molecular complexity index is 1210. The first-order chi connectivity index (χ1) is 14.4. The minimum Gasteiger partial charge on any atom is -0.506 e. The number of fused-ring (bicyclic) bond motifs is 1. The highest BCUT2D eigenvalue weighted by molar-refractivity contribution is 7.18. The zero-order valence-electron chi connectivity index (χ0n) is 16.6. The third-order valence-electron chi connectivity index (χ3n) is 4.20. The molecule has 0 unspecified atom stereocenters. The molecule has 2 aromatic heterocycles. The number of aromatic hydroxyl groups is 1. The SMILES string of the molecule is CCOC(=O)c1sc(/N=C/c2c(O)c3ccccc3oc2=O)c(C(=O)OCC)c1C. The minimum absolute atomic E-state index is 0.103. The van der Waals surface area contributed by atoms with Crippen LogP contribution in [0.1, 0.15) is 45.0 Å². The van der Waals surface area contributed by atoms with Gasteiger partial charge in [-0.15, -0.1) is 11.3 Å². The molecule has 0 saturated carbocycles. The summed E-state index contributed by atoms with van der Waals surface area (Å²) in [4.78, 5) is 41.3. The number of rotatable bonds is 6. The molecule has 0 bridgehead atoms. The summed E-state index contributed by atoms with van der Waals surface area (Å²) in [6, 6.07) is 6.53. The highest BCUT2D eigenvalue weighted by Crippen LogP contribution is 2.36. The first-order valence-electron chi connectivity index (χ1n) is 9.15. The van der Waals surface area contributed by atoms with Crippen molar-refractivity contribution in [3.63, 3.8) is 0 Å². The van der Waals surface area contributed by atoms with E-state index < -0.39 is 17.6 Å². The maximum Gasteiger partial charge on any atom is 0.348 e. The summed E-state index contributed by atoms with van der Waals surface area (Å²) in [7, 11) is 0. The first-order valence-corrected chi connectivity index (χ1v) is 9.97. The van der Waals surface area contributed by atoms with Crippen molar-refractivity contribution in [1.29, 1.82) is 0 Å². The van der Waals surface area contributed by atoms with E-state index in [4.69, 9.17) is 13.9 Å². The van der Waals surface area contributed by atoms with Crippen LogP contribution < -0.4 is 5.63 Å². The monoisotopic (exact) mass is 429 g/mol. The molecule has 30 heavy (non-hydrogen) atoms. The molecule has 0 fully saturated rings. The molecule has 2 heterocycles. The predicted molar refractivity (Wildman–Crippen MR) is 112 cm³/mol. The van der Waals surface area contributed by atoms with Gasteiger partial charge in [-0.3, -0.25) is 0 Å². The highest BCUT2D eigenvalue weighted by Gasteiger charge is 2.26. The van der Waals surface area contributed by atoms with E-state index in [1.54, 1.807) is 45.0 Å². The number of hydrogen-bond acceptors (Lipinski definition) is 9. The van der Waals surface area contributed by atoms with Gasteiger partial charge in [0.05, 0.1) is 18.6 Å². The van der Waals surface area contributed by atoms with Crippen molar-refractivity contribution in [3.05, 3.63) is 56.3 Å². The van der Waals surface area contributed by atoms with Crippen molar-refractivity contribution in [2.45, 2.75) is 20.8 Å². The number of carbonyl (C=O) groups is 2. The number of ether oxygens (including phenoxy) is 2. The van der Waals surface area contributed by atoms with Gasteiger partial charge < -0.3 is 19.0 Å². The quantitative estimate of drug-likeness (QED) is 0.358. The van der Waals surface area contributed by atoms with Gasteiger partial charge in [-0.05, 0) is 38.5 Å². The lowest BCUT2D eigenvalue weighted by molar-refractivity contribution is 0.0527. The van der Waals surface area contributed by atoms with E-state index in [1.807, 2.05) is 0 Å². The lowest BCUT2D eigenvalue weighted by atomic mass is 10.1. The summed E-state index contributed by atoms with van der Waals surface area (Å²) in [6.07, 6.45) is 1.11. The van der Waals surface area contributed by atoms with Crippen LogP contribution in [0, 0.1) is 6.92 Å². The number of hydrogen-bond donors (Lipinski definition) is 1. The number of thiophene rings is 1. The fraction of sp³-hybridized carbons (Fsp3) is 0.238. The van der Waals surface area contributed by atoms with Crippen LogP contribution in [0.2, 0.25) is 0 Å². The molecule has 0 atom stereocenters. The Morgan fingerprint density at radius 1 is 1.17 bits per heavy atom. The second kappa shape index (κ2) is 8.91. The Morgan fingerprint density at radius 2 is 1.83 bits per heavy atom. The minimum atomic E-state index is -0.786. The van der Waals surface area contributed by atoms with Gasteiger partial charge in [0, 0.05) is 6.21 Å². The van der Waals surface area contributed by atoms with E-state index in [0.29, 0.717) is 10.9 Å². The maximum atomic E-state index is 12.4. The normalized spacial score (nSPS) is 11.2. The Hall–Kier alpha value is -3.46. The molecule has 0 spiro atoms. The summed E-state index contributed by atoms with van der Waals surface area (Å²) >= 11 is 0.935. The van der Waals surface area contributed by atoms with Gasteiger partial charge in [0.25, 0.3) is 0 Å². The van der Waals surface area contributed by atoms with Crippen LogP contribution >= 0.6 is 11.3 Å². The van der Waals surface area contributed by atoms with E-state index in [0.717, 1.165) is 17.6 Å². The molecule has 8 nitrogen and oxygen atoms in total. The van der Waals surface area contributed by atoms with E-state index in [-0.39, 0.29) is 45.6 Å². The molecular weight excluding hydrogens is 410 g/mol. The molecule has 0 aliphatic carbocycles. The number of para-hydroxylation sites is 1. The average Bonchev–Trinajstić information content (AvgIpc) is 3.04. The Labute approximate surface area is 175 Å². The molecule has 1 aromatic carbocycles. The molecule has 0 aliphatic heterocycles. The summed E-state index contributed by atoms with van der Waals surface area (Å²) in [6.45, 7) is 5.24. The second-order valence-electron chi connectivity index (χ2n) is 6.08. The fourth-order valence-electron chi connectivity index (χ4n) is 2.81. The van der Waals surface area contributed by atoms with Crippen LogP contribution in [-0.4, -0.2) is 36.5 Å². The van der Waals surface area contributed by atoms with Gasteiger partial charge in [-0.1, -0.05) is 12.1 Å². The van der Waals surface area contributed by atoms with E-state index >= 15 is 0 Å². The molecule has 3 aromatic rings. The summed E-state index contributed by atoms with van der Waals surface area (Å²) in [5.41, 5.74) is -0.246. The predicted octanol–water partition coefficient (Wildman–Crippen LogP) is 3.97. The third kappa shape index (κ3) is 3.97. The van der Waals surface area contributed by atoms with E-state index in [2.05, 4.69) is 4.99 Å². The smallest absolute Gasteiger partial charge is 0.348 e. The standard InChI is InChI=1S/C21H19NO7S/c1-4-27-20(25)15-11(3)17(21(26)28-5-2)30-18(15)22-10-13-16(23)12-8-6-7-9-14(12)29-19(13)24/h6-10,23H,4-5H2,1-3H3/b22-10+. The van der Waals surface area contributed by atoms with Crippen LogP contribution in [0.15, 0.2) is 38.5 Å². The van der Waals surface area contributed by atoms with E-state index in [9.17, 15) is 19.5 Å². The molecule has 0 aliphatic rings. The van der Waals surface area contributed by atoms with Gasteiger partial charge in [0.15, 0.2) is 0 Å². The maximum absolute atomic E-state index is 12.4. The number of aliphatic imine (C=N–C) groups is 1. The number of carbonyl (C=O) groups excluding carboxylic acids is 2. The van der Waals surface area contributed by atoms with Crippen molar-refractivity contribution >= 4 is 45.5 Å². The van der Waals surface area contributed by atoms with Crippen molar-refractivity contribution in [2.24, 2.45) is 4.99 Å². The van der Waals surface area contributed by atoms with Crippen LogP contribution in [0.3, 0.4) is 0 Å². The summed E-state index contributed by atoms with van der Waals surface area (Å²) < 4.78 is 15.3. The zero-order valence-corrected chi connectivity index (χ0v) is 17.4. The molecule has 3 rings (SSSR count). The summed E-state index contributed by atoms with van der Waals surface area (Å²) in [5.74, 6) is -1.52. The molecule has 156 valence electrons. The van der Waals surface area contributed by atoms with Crippen molar-refractivity contribution in [1.82, 2.24) is 0 Å². The number of nitrogens with zero attached hydrogens (tertiary/aromatic N) is 1. The van der Waals surface area contributed by atoms with E-state index in [1.165, 1.54) is 0 Å². The van der Waals surface area contributed by atoms with Crippen LogP contribution in [0.25, 0.3) is 11.0 Å². The van der Waals surface area contributed by atoms with Crippen LogP contribution in [-0.2, 0) is 9.47 Å². The molecule has 0 amide bonds. The van der Waals surface area contributed by atoms with Crippen LogP contribution in [0.5, 0.6) is 5.75 Å². The van der Waals surface area contributed by atoms with Gasteiger partial charge >= 0.3 is 17.6 Å². The number of benzene rings is 1. The molecule has 1 N–H and O–H groups in total. The van der Waals surface area contributed by atoms with Crippen molar-refractivity contribution in [3.8, 4) is 5.75 Å². The highest BCUT2D eigenvalue weighted by atomic mass is 32.1.